The summed E-state index contributed by atoms with van der Waals surface area (Å²) in [7, 11) is 0. The van der Waals surface area contributed by atoms with Gasteiger partial charge in [0.2, 0.25) is 0 Å². The molecule has 1 unspecified atom stereocenters. The van der Waals surface area contributed by atoms with Gasteiger partial charge in [-0.2, -0.15) is 0 Å². The minimum absolute atomic E-state index is 0.141. The molecular weight excluding hydrogens is 705 g/mol. The van der Waals surface area contributed by atoms with Gasteiger partial charge in [-0.05, 0) is 92.3 Å². The van der Waals surface area contributed by atoms with Gasteiger partial charge < -0.3 is 4.57 Å². The van der Waals surface area contributed by atoms with Crippen molar-refractivity contribution in [3.8, 4) is 17.1 Å². The number of nitrogens with zero attached hydrogens (tertiary/aromatic N) is 4. The maximum Gasteiger partial charge on any atom is 0.165 e. The lowest BCUT2D eigenvalue weighted by atomic mass is 9.95. The Kier molecular flexibility index (Phi) is 6.53. The van der Waals surface area contributed by atoms with Crippen LogP contribution in [0, 0.1) is 0 Å². The van der Waals surface area contributed by atoms with E-state index in [1.54, 1.807) is 0 Å². The lowest BCUT2D eigenvalue weighted by Gasteiger charge is -2.21. The number of rotatable bonds is 4. The Morgan fingerprint density at radius 2 is 1.05 bits per heavy atom. The van der Waals surface area contributed by atoms with E-state index in [4.69, 9.17) is 9.97 Å². The highest BCUT2D eigenvalue weighted by atomic mass is 15.1. The molecule has 1 aliphatic rings. The second kappa shape index (κ2) is 12.0. The molecule has 13 rings (SSSR count). The first kappa shape index (κ1) is 31.6. The molecule has 0 spiro atoms. The Bertz CT molecular complexity index is 3710. The molecule has 0 radical (unpaired) electrons. The molecule has 4 heteroatoms. The van der Waals surface area contributed by atoms with Gasteiger partial charge in [-0.25, -0.2) is 9.97 Å². The summed E-state index contributed by atoms with van der Waals surface area (Å²) in [5.41, 5.74) is 10.9. The Balaban J connectivity index is 1.20. The van der Waals surface area contributed by atoms with Crippen molar-refractivity contribution in [1.29, 1.82) is 0 Å². The van der Waals surface area contributed by atoms with Gasteiger partial charge in [0.1, 0.15) is 5.69 Å². The van der Waals surface area contributed by atoms with Crippen molar-refractivity contribution in [2.45, 2.75) is 12.5 Å². The minimum atomic E-state index is 0.141. The van der Waals surface area contributed by atoms with Crippen molar-refractivity contribution >= 4 is 92.5 Å². The van der Waals surface area contributed by atoms with Crippen molar-refractivity contribution in [1.82, 2.24) is 19.1 Å². The van der Waals surface area contributed by atoms with E-state index in [0.29, 0.717) is 0 Å². The van der Waals surface area contributed by atoms with E-state index in [9.17, 15) is 0 Å². The van der Waals surface area contributed by atoms with E-state index in [1.165, 1.54) is 76.0 Å². The van der Waals surface area contributed by atoms with Gasteiger partial charge in [-0.1, -0.05) is 146 Å². The average Bonchev–Trinajstić information content (AvgIpc) is 3.81. The summed E-state index contributed by atoms with van der Waals surface area (Å²) in [6.07, 6.45) is 8.01. The van der Waals surface area contributed by atoms with Crippen LogP contribution in [0.4, 0.5) is 0 Å². The van der Waals surface area contributed by atoms with Gasteiger partial charge in [0.25, 0.3) is 0 Å². The quantitative estimate of drug-likeness (QED) is 0.180. The normalized spacial score (nSPS) is 14.7. The second-order valence-corrected chi connectivity index (χ2v) is 15.6. The molecule has 0 bridgehead atoms. The fourth-order valence-corrected chi connectivity index (χ4v) is 10.1. The summed E-state index contributed by atoms with van der Waals surface area (Å²) >= 11 is 0. The van der Waals surface area contributed by atoms with E-state index in [2.05, 4.69) is 191 Å². The van der Waals surface area contributed by atoms with E-state index in [-0.39, 0.29) is 6.04 Å². The Morgan fingerprint density at radius 3 is 1.86 bits per heavy atom. The van der Waals surface area contributed by atoms with Crippen LogP contribution in [0.25, 0.3) is 110 Å². The van der Waals surface area contributed by atoms with Crippen molar-refractivity contribution in [2.24, 2.45) is 0 Å². The van der Waals surface area contributed by atoms with Crippen LogP contribution >= 0.6 is 0 Å². The molecule has 0 saturated heterocycles. The third-order valence-corrected chi connectivity index (χ3v) is 12.5. The van der Waals surface area contributed by atoms with Gasteiger partial charge in [0.15, 0.2) is 5.82 Å². The number of aromatic nitrogens is 4. The number of benzene rings is 8. The first-order chi connectivity index (χ1) is 28.8. The fraction of sp³-hybridized carbons (Fsp3) is 0.0370. The summed E-state index contributed by atoms with van der Waals surface area (Å²) in [6, 6.07) is 61.7. The third-order valence-electron chi connectivity index (χ3n) is 12.5. The Morgan fingerprint density at radius 1 is 0.448 bits per heavy atom. The van der Waals surface area contributed by atoms with Crippen LogP contribution in [-0.2, 0) is 0 Å². The van der Waals surface area contributed by atoms with Crippen LogP contribution in [0.1, 0.15) is 18.0 Å². The molecule has 1 aliphatic carbocycles. The van der Waals surface area contributed by atoms with Gasteiger partial charge >= 0.3 is 0 Å². The smallest absolute Gasteiger partial charge is 0.165 e. The summed E-state index contributed by atoms with van der Waals surface area (Å²) in [5.74, 6) is 0.829. The molecule has 58 heavy (non-hydrogen) atoms. The van der Waals surface area contributed by atoms with E-state index in [1.807, 2.05) is 6.07 Å². The molecule has 0 saturated carbocycles. The second-order valence-electron chi connectivity index (χ2n) is 15.6. The number of fused-ring (bicyclic) bond motifs is 5. The number of hydrogen-bond acceptors (Lipinski definition) is 2. The zero-order chi connectivity index (χ0) is 37.9. The first-order valence-electron chi connectivity index (χ1n) is 20.1. The molecule has 3 aromatic heterocycles. The van der Waals surface area contributed by atoms with Crippen LogP contribution in [0.5, 0.6) is 0 Å². The first-order valence-corrected chi connectivity index (χ1v) is 20.1. The third kappa shape index (κ3) is 4.40. The maximum atomic E-state index is 5.53. The molecule has 0 aliphatic heterocycles. The van der Waals surface area contributed by atoms with E-state index < -0.39 is 0 Å². The van der Waals surface area contributed by atoms with Crippen molar-refractivity contribution < 1.29 is 0 Å². The highest BCUT2D eigenvalue weighted by Crippen LogP contribution is 2.49. The minimum Gasteiger partial charge on any atom is -0.333 e. The largest absolute Gasteiger partial charge is 0.333 e. The SMILES string of the molecule is C1=CC(c2ccccc2)=CC(n2c3cccc4c5ccccc5c5cccc6c5c5c(c43)c2ccc5n6-c2nc3ccccc3nc2-c2ccc3ccccc3c2)C1. The monoisotopic (exact) mass is 738 g/mol. The topological polar surface area (TPSA) is 35.6 Å². The van der Waals surface area contributed by atoms with Crippen molar-refractivity contribution in [3.63, 3.8) is 0 Å². The number of hydrogen-bond donors (Lipinski definition) is 0. The molecule has 9 aromatic carbocycles. The van der Waals surface area contributed by atoms with E-state index in [0.717, 1.165) is 45.6 Å². The van der Waals surface area contributed by atoms with E-state index >= 15 is 0 Å². The predicted octanol–water partition coefficient (Wildman–Crippen LogP) is 14.0. The number of allylic oxidation sites excluding steroid dienone is 4. The lowest BCUT2D eigenvalue weighted by molar-refractivity contribution is 0.650. The van der Waals surface area contributed by atoms with Crippen molar-refractivity contribution in [2.75, 3.05) is 0 Å². The summed E-state index contributed by atoms with van der Waals surface area (Å²) in [6.45, 7) is 0. The predicted molar refractivity (Wildman–Crippen MR) is 243 cm³/mol. The Hall–Kier alpha value is -7.56. The molecule has 4 nitrogen and oxygen atoms in total. The van der Waals surface area contributed by atoms with Crippen molar-refractivity contribution in [3.05, 3.63) is 194 Å². The van der Waals surface area contributed by atoms with Crippen LogP contribution in [0.15, 0.2) is 188 Å². The lowest BCUT2D eigenvalue weighted by Crippen LogP contribution is -2.08. The molecule has 3 heterocycles. The van der Waals surface area contributed by atoms with Gasteiger partial charge in [0, 0.05) is 27.1 Å². The Labute approximate surface area is 333 Å². The van der Waals surface area contributed by atoms with Gasteiger partial charge in [-0.15, -0.1) is 0 Å². The summed E-state index contributed by atoms with van der Waals surface area (Å²) in [5, 5.41) is 12.5. The van der Waals surface area contributed by atoms with Crippen LogP contribution in [-0.4, -0.2) is 19.1 Å². The fourth-order valence-electron chi connectivity index (χ4n) is 10.1. The molecule has 1 atom stereocenters. The standard InChI is InChI=1S/C54H34N4/c1-2-13-33(14-3-1)36-17-10-18-38(32-36)57-45-25-11-21-41-39-19-6-7-20-40(39)42-22-12-26-46-50(42)52-48(30-29-47(57)51(52)49(41)45)58(46)54-53(55-43-23-8-9-24-44(43)56-54)37-28-27-34-15-4-5-16-35(34)31-37/h1-17,19-32,38H,18H2. The van der Waals surface area contributed by atoms with Crippen LogP contribution in [0.3, 0.4) is 0 Å². The maximum absolute atomic E-state index is 5.53. The summed E-state index contributed by atoms with van der Waals surface area (Å²) in [4.78, 5) is 10.9. The molecule has 0 amide bonds. The molecule has 0 N–H and O–H groups in total. The van der Waals surface area contributed by atoms with Crippen LogP contribution in [0.2, 0.25) is 0 Å². The zero-order valence-corrected chi connectivity index (χ0v) is 31.5. The highest BCUT2D eigenvalue weighted by Gasteiger charge is 2.27. The zero-order valence-electron chi connectivity index (χ0n) is 31.5. The molecular formula is C54H34N4. The van der Waals surface area contributed by atoms with Crippen LogP contribution < -0.4 is 0 Å². The average molecular weight is 739 g/mol. The highest BCUT2D eigenvalue weighted by molar-refractivity contribution is 6.39. The number of para-hydroxylation sites is 2. The molecule has 270 valence electrons. The molecule has 12 aromatic rings. The molecule has 0 fully saturated rings. The van der Waals surface area contributed by atoms with Gasteiger partial charge in [-0.3, -0.25) is 4.57 Å². The van der Waals surface area contributed by atoms with Gasteiger partial charge in [0.05, 0.1) is 39.1 Å². The summed E-state index contributed by atoms with van der Waals surface area (Å²) < 4.78 is 5.00.